The highest BCUT2D eigenvalue weighted by molar-refractivity contribution is 5.89. The number of likely N-dealkylation sites (N-methyl/N-ethyl adjacent to an activating group) is 1. The maximum atomic E-state index is 12.6. The van der Waals surface area contributed by atoms with E-state index in [1.807, 2.05) is 60.7 Å². The zero-order chi connectivity index (χ0) is 27.8. The van der Waals surface area contributed by atoms with Crippen LogP contribution >= 0.6 is 0 Å². The van der Waals surface area contributed by atoms with Crippen molar-refractivity contribution in [3.05, 3.63) is 78.5 Å². The van der Waals surface area contributed by atoms with E-state index in [-0.39, 0.29) is 18.9 Å². The highest BCUT2D eigenvalue weighted by Crippen LogP contribution is 2.33. The van der Waals surface area contributed by atoms with Gasteiger partial charge in [0.2, 0.25) is 5.91 Å². The molecule has 202 valence electrons. The fraction of sp³-hybridized carbons (Fsp3) is 0.286. The van der Waals surface area contributed by atoms with E-state index < -0.39 is 11.9 Å². The van der Waals surface area contributed by atoms with E-state index in [4.69, 9.17) is 15.3 Å². The quantitative estimate of drug-likeness (QED) is 0.169. The number of carbonyl (C=O) groups is 3. The molecule has 0 bridgehead atoms. The molecule has 10 heteroatoms. The third-order valence-electron chi connectivity index (χ3n) is 5.49. The Kier molecular flexibility index (Phi) is 13.0. The molecule has 0 aliphatic heterocycles. The van der Waals surface area contributed by atoms with E-state index in [0.29, 0.717) is 25.2 Å². The summed E-state index contributed by atoms with van der Waals surface area (Å²) < 4.78 is 0. The van der Waals surface area contributed by atoms with Gasteiger partial charge < -0.3 is 25.5 Å². The van der Waals surface area contributed by atoms with Crippen LogP contribution in [-0.4, -0.2) is 81.0 Å². The molecule has 0 aliphatic rings. The summed E-state index contributed by atoms with van der Waals surface area (Å²) in [7, 11) is 0. The minimum Gasteiger partial charge on any atom is -0.478 e. The Bertz CT molecular complexity index is 1160. The number of aliphatic hydroxyl groups is 1. The van der Waals surface area contributed by atoms with Gasteiger partial charge in [0.05, 0.1) is 18.7 Å². The number of aliphatic carboxylic acids is 2. The smallest absolute Gasteiger partial charge is 0.328 e. The number of amides is 1. The zero-order valence-electron chi connectivity index (χ0n) is 21.3. The van der Waals surface area contributed by atoms with Crippen LogP contribution in [0.5, 0.6) is 0 Å². The topological polar surface area (TPSA) is 156 Å². The number of hydrogen-bond donors (Lipinski definition) is 5. The molecule has 38 heavy (non-hydrogen) atoms. The van der Waals surface area contributed by atoms with Crippen LogP contribution in [0.25, 0.3) is 22.4 Å². The lowest BCUT2D eigenvalue weighted by Gasteiger charge is -2.18. The number of carbonyl (C=O) groups excluding carboxylic acids is 1. The van der Waals surface area contributed by atoms with E-state index in [0.717, 1.165) is 47.6 Å². The summed E-state index contributed by atoms with van der Waals surface area (Å²) in [5, 5.41) is 35.3. The number of carboxylic acid groups (broad SMARTS) is 2. The van der Waals surface area contributed by atoms with Gasteiger partial charge in [-0.1, -0.05) is 67.6 Å². The number of H-pyrrole nitrogens is 1. The molecular formula is C28H34N4O6. The van der Waals surface area contributed by atoms with Gasteiger partial charge in [-0.3, -0.25) is 9.89 Å². The summed E-state index contributed by atoms with van der Waals surface area (Å²) in [6.07, 6.45) is 2.21. The molecule has 1 heterocycles. The lowest BCUT2D eigenvalue weighted by atomic mass is 9.98. The minimum atomic E-state index is -1.26. The first kappa shape index (κ1) is 29.9. The molecule has 1 amide bonds. The maximum absolute atomic E-state index is 12.6. The summed E-state index contributed by atoms with van der Waals surface area (Å²) >= 11 is 0. The van der Waals surface area contributed by atoms with E-state index in [1.165, 1.54) is 0 Å². The maximum Gasteiger partial charge on any atom is 0.328 e. The van der Waals surface area contributed by atoms with Gasteiger partial charge in [-0.05, 0) is 25.1 Å². The number of aromatic nitrogens is 2. The molecule has 0 spiro atoms. The zero-order valence-corrected chi connectivity index (χ0v) is 21.3. The Labute approximate surface area is 221 Å². The molecule has 0 unspecified atom stereocenters. The van der Waals surface area contributed by atoms with Gasteiger partial charge in [0.1, 0.15) is 5.69 Å². The van der Waals surface area contributed by atoms with Crippen molar-refractivity contribution in [3.63, 3.8) is 0 Å². The van der Waals surface area contributed by atoms with Crippen LogP contribution in [0.1, 0.15) is 19.0 Å². The van der Waals surface area contributed by atoms with Gasteiger partial charge in [0, 0.05) is 36.4 Å². The van der Waals surface area contributed by atoms with Crippen molar-refractivity contribution in [3.8, 4) is 22.4 Å². The Hall–Kier alpha value is -4.28. The number of hydrogen-bond acceptors (Lipinski definition) is 6. The molecule has 5 N–H and O–H groups in total. The second kappa shape index (κ2) is 16.5. The van der Waals surface area contributed by atoms with E-state index in [9.17, 15) is 14.4 Å². The number of carboxylic acids is 2. The first-order chi connectivity index (χ1) is 18.3. The van der Waals surface area contributed by atoms with Gasteiger partial charge in [-0.25, -0.2) is 9.59 Å². The third kappa shape index (κ3) is 10.4. The van der Waals surface area contributed by atoms with Gasteiger partial charge in [0.25, 0.3) is 0 Å². The molecule has 0 saturated heterocycles. The molecule has 0 saturated carbocycles. The summed E-state index contributed by atoms with van der Waals surface area (Å²) in [5.41, 5.74) is 4.69. The standard InChI is InChI=1S/C24H30N4O2.C4H4O4/c1-2-28(16-17-29)15-9-14-25-22(30)18-21-23(19-10-5-3-6-11-19)24(27-26-21)20-12-7-4-8-13-20;5-3(6)1-2-4(7)8/h3-8,10-13,29H,2,9,14-18H2,1H3,(H,25,30)(H,26,27);1-2H,(H,5,6)(H,7,8). The molecular weight excluding hydrogens is 488 g/mol. The number of benzene rings is 2. The summed E-state index contributed by atoms with van der Waals surface area (Å²) in [6.45, 7) is 5.26. The number of aromatic amines is 1. The predicted molar refractivity (Wildman–Crippen MR) is 144 cm³/mol. The van der Waals surface area contributed by atoms with Crippen LogP contribution in [0.4, 0.5) is 0 Å². The SMILES string of the molecule is CCN(CCO)CCCNC(=O)Cc1[nH]nc(-c2ccccc2)c1-c1ccccc1.O=C(O)C=CC(=O)O. The average molecular weight is 523 g/mol. The normalized spacial score (nSPS) is 10.7. The second-order valence-corrected chi connectivity index (χ2v) is 8.21. The fourth-order valence-electron chi connectivity index (χ4n) is 3.69. The largest absolute Gasteiger partial charge is 0.478 e. The first-order valence-electron chi connectivity index (χ1n) is 12.3. The van der Waals surface area contributed by atoms with Crippen molar-refractivity contribution >= 4 is 17.8 Å². The van der Waals surface area contributed by atoms with Crippen LogP contribution < -0.4 is 5.32 Å². The van der Waals surface area contributed by atoms with Crippen LogP contribution in [0.2, 0.25) is 0 Å². The summed E-state index contributed by atoms with van der Waals surface area (Å²) in [5.74, 6) is -2.54. The first-order valence-corrected chi connectivity index (χ1v) is 12.3. The van der Waals surface area contributed by atoms with Crippen molar-refractivity contribution in [2.75, 3.05) is 32.8 Å². The van der Waals surface area contributed by atoms with Gasteiger partial charge in [-0.15, -0.1) is 0 Å². The molecule has 0 fully saturated rings. The fourth-order valence-corrected chi connectivity index (χ4v) is 3.69. The lowest BCUT2D eigenvalue weighted by Crippen LogP contribution is -2.32. The molecule has 3 aromatic rings. The Morgan fingerprint density at radius 2 is 1.50 bits per heavy atom. The van der Waals surface area contributed by atoms with E-state index >= 15 is 0 Å². The van der Waals surface area contributed by atoms with Crippen molar-refractivity contribution in [2.24, 2.45) is 0 Å². The van der Waals surface area contributed by atoms with Crippen LogP contribution in [0.3, 0.4) is 0 Å². The molecule has 2 aromatic carbocycles. The van der Waals surface area contributed by atoms with Crippen LogP contribution in [0, 0.1) is 0 Å². The minimum absolute atomic E-state index is 0.0272. The molecule has 3 rings (SSSR count). The molecule has 1 aromatic heterocycles. The van der Waals surface area contributed by atoms with Gasteiger partial charge in [0.15, 0.2) is 0 Å². The lowest BCUT2D eigenvalue weighted by molar-refractivity contribution is -0.134. The van der Waals surface area contributed by atoms with Gasteiger partial charge >= 0.3 is 11.9 Å². The monoisotopic (exact) mass is 522 g/mol. The second-order valence-electron chi connectivity index (χ2n) is 8.21. The molecule has 0 aliphatic carbocycles. The average Bonchev–Trinajstić information content (AvgIpc) is 3.34. The number of aliphatic hydroxyl groups excluding tert-OH is 1. The van der Waals surface area contributed by atoms with Crippen molar-refractivity contribution in [2.45, 2.75) is 19.8 Å². The predicted octanol–water partition coefficient (Wildman–Crippen LogP) is 2.82. The highest BCUT2D eigenvalue weighted by Gasteiger charge is 2.18. The molecule has 0 radical (unpaired) electrons. The Morgan fingerprint density at radius 3 is 2.03 bits per heavy atom. The molecule has 10 nitrogen and oxygen atoms in total. The van der Waals surface area contributed by atoms with Crippen LogP contribution in [0.15, 0.2) is 72.8 Å². The van der Waals surface area contributed by atoms with Crippen LogP contribution in [-0.2, 0) is 20.8 Å². The van der Waals surface area contributed by atoms with Crippen molar-refractivity contribution in [1.29, 1.82) is 0 Å². The Morgan fingerprint density at radius 1 is 0.921 bits per heavy atom. The van der Waals surface area contributed by atoms with E-state index in [1.54, 1.807) is 0 Å². The summed E-state index contributed by atoms with van der Waals surface area (Å²) in [6, 6.07) is 20.1. The molecule has 0 atom stereocenters. The van der Waals surface area contributed by atoms with Gasteiger partial charge in [-0.2, -0.15) is 5.10 Å². The number of nitrogens with zero attached hydrogens (tertiary/aromatic N) is 2. The van der Waals surface area contributed by atoms with E-state index in [2.05, 4.69) is 27.3 Å². The Balaban J connectivity index is 0.000000550. The van der Waals surface area contributed by atoms with Crippen molar-refractivity contribution < 1.29 is 29.7 Å². The summed E-state index contributed by atoms with van der Waals surface area (Å²) in [4.78, 5) is 33.8. The third-order valence-corrected chi connectivity index (χ3v) is 5.49. The number of rotatable bonds is 13. The number of nitrogens with one attached hydrogen (secondary N) is 2. The van der Waals surface area contributed by atoms with Crippen molar-refractivity contribution in [1.82, 2.24) is 20.4 Å². The highest BCUT2D eigenvalue weighted by atomic mass is 16.4.